The van der Waals surface area contributed by atoms with Gasteiger partial charge < -0.3 is 20.5 Å². The standard InChI is InChI=1S/C16H23FN2O3/c1-22-15-9-11(3-5-14(15)17)6-7-18-16(21)19-10-12-2-4-13(20)8-12/h3,5,9,12-13,20H,2,4,6-8,10H2,1H3,(H2,18,19,21)/t12-,13+/m1/s1. The third kappa shape index (κ3) is 4.87. The largest absolute Gasteiger partial charge is 0.494 e. The molecule has 1 aliphatic carbocycles. The molecule has 2 amide bonds. The Balaban J connectivity index is 1.66. The summed E-state index contributed by atoms with van der Waals surface area (Å²) in [6.45, 7) is 1.06. The minimum Gasteiger partial charge on any atom is -0.494 e. The molecule has 3 N–H and O–H groups in total. The zero-order chi connectivity index (χ0) is 15.9. The maximum absolute atomic E-state index is 13.3. The first-order valence-electron chi connectivity index (χ1n) is 7.60. The molecule has 122 valence electrons. The maximum Gasteiger partial charge on any atom is 0.314 e. The number of hydrogen-bond acceptors (Lipinski definition) is 3. The van der Waals surface area contributed by atoms with Gasteiger partial charge in [0.1, 0.15) is 0 Å². The number of urea groups is 1. The van der Waals surface area contributed by atoms with E-state index in [0.717, 1.165) is 24.8 Å². The molecule has 0 saturated heterocycles. The molecule has 22 heavy (non-hydrogen) atoms. The van der Waals surface area contributed by atoms with Crippen LogP contribution in [-0.4, -0.2) is 37.4 Å². The van der Waals surface area contributed by atoms with Gasteiger partial charge in [-0.25, -0.2) is 9.18 Å². The summed E-state index contributed by atoms with van der Waals surface area (Å²) in [5, 5.41) is 15.0. The zero-order valence-corrected chi connectivity index (χ0v) is 12.8. The van der Waals surface area contributed by atoms with Gasteiger partial charge in [0.2, 0.25) is 0 Å². The van der Waals surface area contributed by atoms with E-state index in [9.17, 15) is 14.3 Å². The first-order valence-corrected chi connectivity index (χ1v) is 7.60. The lowest BCUT2D eigenvalue weighted by molar-refractivity contribution is 0.177. The molecule has 0 heterocycles. The van der Waals surface area contributed by atoms with E-state index in [1.807, 2.05) is 0 Å². The van der Waals surface area contributed by atoms with E-state index < -0.39 is 5.82 Å². The number of benzene rings is 1. The number of amides is 2. The normalized spacial score (nSPS) is 20.7. The summed E-state index contributed by atoms with van der Waals surface area (Å²) >= 11 is 0. The smallest absolute Gasteiger partial charge is 0.314 e. The first-order chi connectivity index (χ1) is 10.6. The third-order valence-corrected chi connectivity index (χ3v) is 3.98. The fraction of sp³-hybridized carbons (Fsp3) is 0.562. The van der Waals surface area contributed by atoms with Crippen molar-refractivity contribution in [2.45, 2.75) is 31.8 Å². The van der Waals surface area contributed by atoms with Crippen molar-refractivity contribution in [2.75, 3.05) is 20.2 Å². The van der Waals surface area contributed by atoms with E-state index in [1.54, 1.807) is 12.1 Å². The second kappa shape index (κ2) is 7.98. The van der Waals surface area contributed by atoms with Crippen molar-refractivity contribution in [1.29, 1.82) is 0 Å². The van der Waals surface area contributed by atoms with Gasteiger partial charge in [0.15, 0.2) is 11.6 Å². The number of aliphatic hydroxyl groups excluding tert-OH is 1. The minimum absolute atomic E-state index is 0.210. The number of ether oxygens (including phenoxy) is 1. The fourth-order valence-electron chi connectivity index (χ4n) is 2.71. The van der Waals surface area contributed by atoms with Crippen LogP contribution in [-0.2, 0) is 6.42 Å². The Morgan fingerprint density at radius 3 is 2.91 bits per heavy atom. The molecule has 0 unspecified atom stereocenters. The Labute approximate surface area is 129 Å². The zero-order valence-electron chi connectivity index (χ0n) is 12.8. The second-order valence-corrected chi connectivity index (χ2v) is 5.69. The van der Waals surface area contributed by atoms with Gasteiger partial charge in [-0.05, 0) is 49.3 Å². The molecule has 2 rings (SSSR count). The Morgan fingerprint density at radius 1 is 1.41 bits per heavy atom. The molecule has 6 heteroatoms. The molecule has 0 aliphatic heterocycles. The summed E-state index contributed by atoms with van der Waals surface area (Å²) in [7, 11) is 1.42. The number of carbonyl (C=O) groups excluding carboxylic acids is 1. The Hall–Kier alpha value is -1.82. The van der Waals surface area contributed by atoms with E-state index >= 15 is 0 Å². The fourth-order valence-corrected chi connectivity index (χ4v) is 2.71. The van der Waals surface area contributed by atoms with Crippen LogP contribution < -0.4 is 15.4 Å². The topological polar surface area (TPSA) is 70.6 Å². The molecule has 1 saturated carbocycles. The van der Waals surface area contributed by atoms with Crippen LogP contribution in [0.5, 0.6) is 5.75 Å². The number of nitrogens with one attached hydrogen (secondary N) is 2. The summed E-state index contributed by atoms with van der Waals surface area (Å²) in [5.74, 6) is 0.180. The number of methoxy groups -OCH3 is 1. The van der Waals surface area contributed by atoms with Crippen LogP contribution in [0.4, 0.5) is 9.18 Å². The van der Waals surface area contributed by atoms with Gasteiger partial charge >= 0.3 is 6.03 Å². The minimum atomic E-state index is -0.393. The quantitative estimate of drug-likeness (QED) is 0.751. The SMILES string of the molecule is COc1cc(CCNC(=O)NC[C@@H]2CC[C@H](O)C2)ccc1F. The third-order valence-electron chi connectivity index (χ3n) is 3.98. The predicted molar refractivity (Wildman–Crippen MR) is 81.4 cm³/mol. The average molecular weight is 310 g/mol. The van der Waals surface area contributed by atoms with Crippen LogP contribution in [0.2, 0.25) is 0 Å². The molecular weight excluding hydrogens is 287 g/mol. The lowest BCUT2D eigenvalue weighted by Crippen LogP contribution is -2.38. The van der Waals surface area contributed by atoms with Crippen molar-refractivity contribution in [3.63, 3.8) is 0 Å². The number of aliphatic hydroxyl groups is 1. The van der Waals surface area contributed by atoms with Gasteiger partial charge in [0, 0.05) is 13.1 Å². The molecule has 1 aromatic carbocycles. The molecule has 2 atom stereocenters. The van der Waals surface area contributed by atoms with Crippen molar-refractivity contribution in [3.05, 3.63) is 29.6 Å². The summed E-state index contributed by atoms with van der Waals surface area (Å²) < 4.78 is 18.2. The van der Waals surface area contributed by atoms with Crippen LogP contribution in [0, 0.1) is 11.7 Å². The van der Waals surface area contributed by atoms with Gasteiger partial charge in [0.25, 0.3) is 0 Å². The summed E-state index contributed by atoms with van der Waals surface area (Å²) in [6.07, 6.45) is 2.92. The number of hydrogen-bond donors (Lipinski definition) is 3. The predicted octanol–water partition coefficient (Wildman–Crippen LogP) is 1.84. The molecule has 1 aliphatic rings. The van der Waals surface area contributed by atoms with E-state index in [-0.39, 0.29) is 17.9 Å². The van der Waals surface area contributed by atoms with Gasteiger partial charge in [0.05, 0.1) is 13.2 Å². The van der Waals surface area contributed by atoms with Crippen molar-refractivity contribution >= 4 is 6.03 Å². The van der Waals surface area contributed by atoms with Gasteiger partial charge in [-0.3, -0.25) is 0 Å². The molecule has 0 radical (unpaired) electrons. The van der Waals surface area contributed by atoms with Crippen LogP contribution in [0.15, 0.2) is 18.2 Å². The molecule has 0 aromatic heterocycles. The molecule has 5 nitrogen and oxygen atoms in total. The maximum atomic E-state index is 13.3. The van der Waals surface area contributed by atoms with E-state index in [4.69, 9.17) is 4.74 Å². The molecule has 0 spiro atoms. The van der Waals surface area contributed by atoms with Gasteiger partial charge in [-0.2, -0.15) is 0 Å². The van der Waals surface area contributed by atoms with Gasteiger partial charge in [-0.15, -0.1) is 0 Å². The lowest BCUT2D eigenvalue weighted by atomic mass is 10.1. The molecular formula is C16H23FN2O3. The highest BCUT2D eigenvalue weighted by molar-refractivity contribution is 5.73. The van der Waals surface area contributed by atoms with Crippen molar-refractivity contribution in [3.8, 4) is 5.75 Å². The Kier molecular flexibility index (Phi) is 6.00. The van der Waals surface area contributed by atoms with Crippen molar-refractivity contribution in [2.24, 2.45) is 5.92 Å². The molecule has 1 aromatic rings. The highest BCUT2D eigenvalue weighted by atomic mass is 19.1. The molecule has 1 fully saturated rings. The van der Waals surface area contributed by atoms with E-state index in [1.165, 1.54) is 13.2 Å². The summed E-state index contributed by atoms with van der Waals surface area (Å²) in [6, 6.07) is 4.46. The van der Waals surface area contributed by atoms with E-state index in [0.29, 0.717) is 25.4 Å². The number of rotatable bonds is 6. The number of halogens is 1. The molecule has 0 bridgehead atoms. The van der Waals surface area contributed by atoms with Crippen LogP contribution >= 0.6 is 0 Å². The lowest BCUT2D eigenvalue weighted by Gasteiger charge is -2.12. The van der Waals surface area contributed by atoms with Crippen molar-refractivity contribution < 1.29 is 19.0 Å². The van der Waals surface area contributed by atoms with Gasteiger partial charge in [-0.1, -0.05) is 6.07 Å². The Morgan fingerprint density at radius 2 is 2.23 bits per heavy atom. The monoisotopic (exact) mass is 310 g/mol. The highest BCUT2D eigenvalue weighted by Crippen LogP contribution is 2.24. The number of carbonyl (C=O) groups is 1. The van der Waals surface area contributed by atoms with Crippen LogP contribution in [0.3, 0.4) is 0 Å². The van der Waals surface area contributed by atoms with Crippen LogP contribution in [0.25, 0.3) is 0 Å². The second-order valence-electron chi connectivity index (χ2n) is 5.69. The first kappa shape index (κ1) is 16.5. The van der Waals surface area contributed by atoms with Crippen molar-refractivity contribution in [1.82, 2.24) is 10.6 Å². The van der Waals surface area contributed by atoms with Crippen LogP contribution in [0.1, 0.15) is 24.8 Å². The Bertz CT molecular complexity index is 510. The average Bonchev–Trinajstić information content (AvgIpc) is 2.92. The summed E-state index contributed by atoms with van der Waals surface area (Å²) in [4.78, 5) is 11.7. The summed E-state index contributed by atoms with van der Waals surface area (Å²) in [5.41, 5.74) is 0.900. The van der Waals surface area contributed by atoms with E-state index in [2.05, 4.69) is 10.6 Å². The highest BCUT2D eigenvalue weighted by Gasteiger charge is 2.22.